The Kier molecular flexibility index (Phi) is 7.72. The van der Waals surface area contributed by atoms with Gasteiger partial charge in [-0.05, 0) is 53.5 Å². The summed E-state index contributed by atoms with van der Waals surface area (Å²) < 4.78 is 30.2. The summed E-state index contributed by atoms with van der Waals surface area (Å²) in [5.41, 5.74) is 0.451. The van der Waals surface area contributed by atoms with Crippen LogP contribution < -0.4 is 19.5 Å². The second-order valence-electron chi connectivity index (χ2n) is 5.31. The molecule has 1 N–H and O–H groups in total. The van der Waals surface area contributed by atoms with Crippen LogP contribution in [0.4, 0.5) is 4.39 Å². The van der Waals surface area contributed by atoms with Crippen LogP contribution in [0.1, 0.15) is 23.7 Å². The fourth-order valence-corrected chi connectivity index (χ4v) is 2.81. The molecule has 0 atom stereocenters. The number of hydrogen-bond donors (Lipinski definition) is 1. The van der Waals surface area contributed by atoms with E-state index in [-0.39, 0.29) is 11.7 Å². The van der Waals surface area contributed by atoms with Gasteiger partial charge >= 0.3 is 0 Å². The highest BCUT2D eigenvalue weighted by atomic mass is 79.9. The Labute approximate surface area is 160 Å². The first-order valence-corrected chi connectivity index (χ1v) is 9.02. The van der Waals surface area contributed by atoms with Crippen LogP contribution in [0.15, 0.2) is 40.9 Å². The minimum Gasteiger partial charge on any atom is -0.493 e. The molecule has 0 aliphatic heterocycles. The third kappa shape index (κ3) is 5.36. The summed E-state index contributed by atoms with van der Waals surface area (Å²) >= 11 is 3.39. The Morgan fingerprint density at radius 3 is 2.65 bits per heavy atom. The lowest BCUT2D eigenvalue weighted by Gasteiger charge is -2.13. The first kappa shape index (κ1) is 20.0. The summed E-state index contributed by atoms with van der Waals surface area (Å²) in [5, 5.41) is 2.80. The van der Waals surface area contributed by atoms with Gasteiger partial charge in [-0.25, -0.2) is 4.39 Å². The number of carbonyl (C=O) groups is 1. The molecule has 140 valence electrons. The van der Waals surface area contributed by atoms with Crippen molar-refractivity contribution in [1.29, 1.82) is 0 Å². The topological polar surface area (TPSA) is 56.8 Å². The molecule has 5 nitrogen and oxygen atoms in total. The first-order chi connectivity index (χ1) is 12.6. The molecule has 0 saturated heterocycles. The van der Waals surface area contributed by atoms with E-state index in [1.807, 2.05) is 6.92 Å². The van der Waals surface area contributed by atoms with Crippen LogP contribution in [-0.4, -0.2) is 32.8 Å². The van der Waals surface area contributed by atoms with E-state index in [2.05, 4.69) is 21.2 Å². The van der Waals surface area contributed by atoms with Crippen molar-refractivity contribution in [1.82, 2.24) is 5.32 Å². The largest absolute Gasteiger partial charge is 0.493 e. The van der Waals surface area contributed by atoms with Crippen molar-refractivity contribution in [2.24, 2.45) is 0 Å². The highest BCUT2D eigenvalue weighted by Gasteiger charge is 2.15. The van der Waals surface area contributed by atoms with Crippen LogP contribution in [0, 0.1) is 5.82 Å². The van der Waals surface area contributed by atoms with Crippen molar-refractivity contribution >= 4 is 21.8 Å². The Bertz CT molecular complexity index is 754. The number of amides is 1. The number of halogens is 2. The molecule has 0 fully saturated rings. The number of ether oxygens (including phenoxy) is 3. The van der Waals surface area contributed by atoms with E-state index < -0.39 is 5.82 Å². The average molecular weight is 426 g/mol. The fraction of sp³-hybridized carbons (Fsp3) is 0.316. The van der Waals surface area contributed by atoms with Crippen LogP contribution in [0.25, 0.3) is 0 Å². The Morgan fingerprint density at radius 2 is 1.96 bits per heavy atom. The quantitative estimate of drug-likeness (QED) is 0.611. The standard InChI is InChI=1S/C19H21BrFNO4/c1-3-25-18-14(20)11-13(12-17(18)24-2)19(23)22-9-6-10-26-16-8-5-4-7-15(16)21/h4-5,7-8,11-12H,3,6,9-10H2,1-2H3,(H,22,23). The Balaban J connectivity index is 1.86. The zero-order chi connectivity index (χ0) is 18.9. The van der Waals surface area contributed by atoms with Crippen molar-refractivity contribution in [2.45, 2.75) is 13.3 Å². The van der Waals surface area contributed by atoms with Crippen LogP contribution in [0.3, 0.4) is 0 Å². The van der Waals surface area contributed by atoms with Gasteiger partial charge < -0.3 is 19.5 Å². The fourth-order valence-electron chi connectivity index (χ4n) is 2.26. The zero-order valence-corrected chi connectivity index (χ0v) is 16.3. The van der Waals surface area contributed by atoms with E-state index in [0.29, 0.717) is 47.7 Å². The molecule has 2 aromatic carbocycles. The van der Waals surface area contributed by atoms with Gasteiger partial charge in [0, 0.05) is 12.1 Å². The first-order valence-electron chi connectivity index (χ1n) is 8.22. The smallest absolute Gasteiger partial charge is 0.251 e. The lowest BCUT2D eigenvalue weighted by atomic mass is 10.2. The van der Waals surface area contributed by atoms with E-state index >= 15 is 0 Å². The molecule has 7 heteroatoms. The number of carbonyl (C=O) groups excluding carboxylic acids is 1. The second-order valence-corrected chi connectivity index (χ2v) is 6.17. The number of rotatable bonds is 9. The normalized spacial score (nSPS) is 10.3. The third-order valence-electron chi connectivity index (χ3n) is 3.48. The summed E-state index contributed by atoms with van der Waals surface area (Å²) in [7, 11) is 1.52. The van der Waals surface area contributed by atoms with E-state index in [9.17, 15) is 9.18 Å². The molecule has 0 aliphatic carbocycles. The SMILES string of the molecule is CCOc1c(Br)cc(C(=O)NCCCOc2ccccc2F)cc1OC. The molecule has 2 rings (SSSR count). The average Bonchev–Trinajstić information content (AvgIpc) is 2.64. The van der Waals surface area contributed by atoms with Gasteiger partial charge in [-0.15, -0.1) is 0 Å². The van der Waals surface area contributed by atoms with E-state index in [0.717, 1.165) is 0 Å². The lowest BCUT2D eigenvalue weighted by Crippen LogP contribution is -2.25. The van der Waals surface area contributed by atoms with E-state index in [4.69, 9.17) is 14.2 Å². The maximum atomic E-state index is 13.4. The molecule has 0 aromatic heterocycles. The van der Waals surface area contributed by atoms with Crippen LogP contribution in [0.2, 0.25) is 0 Å². The van der Waals surface area contributed by atoms with E-state index in [1.165, 1.54) is 13.2 Å². The minimum atomic E-state index is -0.400. The minimum absolute atomic E-state index is 0.207. The van der Waals surface area contributed by atoms with Crippen LogP contribution >= 0.6 is 15.9 Å². The highest BCUT2D eigenvalue weighted by molar-refractivity contribution is 9.10. The van der Waals surface area contributed by atoms with Gasteiger partial charge in [0.15, 0.2) is 23.1 Å². The Hall–Kier alpha value is -2.28. The molecule has 0 radical (unpaired) electrons. The van der Waals surface area contributed by atoms with Gasteiger partial charge in [-0.1, -0.05) is 12.1 Å². The van der Waals surface area contributed by atoms with Gasteiger partial charge in [-0.3, -0.25) is 4.79 Å². The third-order valence-corrected chi connectivity index (χ3v) is 4.07. The van der Waals surface area contributed by atoms with Gasteiger partial charge in [0.05, 0.1) is 24.8 Å². The van der Waals surface area contributed by atoms with Crippen molar-refractivity contribution in [3.8, 4) is 17.2 Å². The van der Waals surface area contributed by atoms with E-state index in [1.54, 1.807) is 30.3 Å². The number of benzene rings is 2. The summed E-state index contributed by atoms with van der Waals surface area (Å²) in [6, 6.07) is 9.52. The molecule has 26 heavy (non-hydrogen) atoms. The highest BCUT2D eigenvalue weighted by Crippen LogP contribution is 2.36. The summed E-state index contributed by atoms with van der Waals surface area (Å²) in [4.78, 5) is 12.3. The Morgan fingerprint density at radius 1 is 1.19 bits per heavy atom. The molecule has 0 saturated carbocycles. The molecule has 2 aromatic rings. The number of methoxy groups -OCH3 is 1. The molecular formula is C19H21BrFNO4. The number of hydrogen-bond acceptors (Lipinski definition) is 4. The maximum Gasteiger partial charge on any atom is 0.251 e. The van der Waals surface area contributed by atoms with Crippen molar-refractivity contribution in [3.05, 3.63) is 52.3 Å². The van der Waals surface area contributed by atoms with Crippen LogP contribution in [0.5, 0.6) is 17.2 Å². The molecule has 0 bridgehead atoms. The van der Waals surface area contributed by atoms with Gasteiger partial charge in [0.25, 0.3) is 5.91 Å². The monoisotopic (exact) mass is 425 g/mol. The predicted octanol–water partition coefficient (Wildman–Crippen LogP) is 4.19. The van der Waals surface area contributed by atoms with Crippen molar-refractivity contribution in [3.63, 3.8) is 0 Å². The lowest BCUT2D eigenvalue weighted by molar-refractivity contribution is 0.0951. The summed E-state index contributed by atoms with van der Waals surface area (Å²) in [6.45, 7) is 3.07. The molecule has 0 heterocycles. The van der Waals surface area contributed by atoms with Gasteiger partial charge in [0.1, 0.15) is 0 Å². The van der Waals surface area contributed by atoms with Crippen molar-refractivity contribution in [2.75, 3.05) is 26.9 Å². The zero-order valence-electron chi connectivity index (χ0n) is 14.7. The van der Waals surface area contributed by atoms with Crippen LogP contribution in [-0.2, 0) is 0 Å². The molecule has 1 amide bonds. The predicted molar refractivity (Wildman–Crippen MR) is 101 cm³/mol. The molecule has 0 aliphatic rings. The summed E-state index contributed by atoms with van der Waals surface area (Å²) in [5.74, 6) is 0.610. The second kappa shape index (κ2) is 10.0. The summed E-state index contributed by atoms with van der Waals surface area (Å²) in [6.07, 6.45) is 0.551. The van der Waals surface area contributed by atoms with Gasteiger partial charge in [0.2, 0.25) is 0 Å². The number of nitrogens with one attached hydrogen (secondary N) is 1. The molecule has 0 spiro atoms. The number of para-hydroxylation sites is 1. The molecule has 0 unspecified atom stereocenters. The maximum absolute atomic E-state index is 13.4. The van der Waals surface area contributed by atoms with Gasteiger partial charge in [-0.2, -0.15) is 0 Å². The van der Waals surface area contributed by atoms with Crippen molar-refractivity contribution < 1.29 is 23.4 Å². The molecular weight excluding hydrogens is 405 g/mol.